The molecule has 4 N–H and O–H groups in total. The van der Waals surface area contributed by atoms with E-state index in [9.17, 15) is 4.79 Å². The van der Waals surface area contributed by atoms with Gasteiger partial charge in [0.2, 0.25) is 0 Å². The molecule has 6 nitrogen and oxygen atoms in total. The summed E-state index contributed by atoms with van der Waals surface area (Å²) < 4.78 is 0. The summed E-state index contributed by atoms with van der Waals surface area (Å²) in [7, 11) is 0. The van der Waals surface area contributed by atoms with Gasteiger partial charge in [-0.15, -0.1) is 0 Å². The molecule has 2 aromatic carbocycles. The molecule has 0 bridgehead atoms. The lowest BCUT2D eigenvalue weighted by atomic mass is 10.0. The molecule has 0 spiro atoms. The average molecular weight is 455 g/mol. The quantitative estimate of drug-likeness (QED) is 0.171. The fourth-order valence-electron chi connectivity index (χ4n) is 5.11. The van der Waals surface area contributed by atoms with Crippen molar-refractivity contribution in [2.24, 2.45) is 0 Å². The van der Waals surface area contributed by atoms with E-state index >= 15 is 0 Å². The maximum atomic E-state index is 11.3. The van der Waals surface area contributed by atoms with E-state index in [0.717, 1.165) is 37.9 Å². The molecule has 1 unspecified atom stereocenters. The zero-order valence-corrected chi connectivity index (χ0v) is 19.3. The van der Waals surface area contributed by atoms with Gasteiger partial charge in [0, 0.05) is 54.7 Å². The zero-order valence-electron chi connectivity index (χ0n) is 19.3. The molecule has 1 aliphatic carbocycles. The summed E-state index contributed by atoms with van der Waals surface area (Å²) in [5.41, 5.74) is 10.4. The highest BCUT2D eigenvalue weighted by molar-refractivity contribution is 5.90. The van der Waals surface area contributed by atoms with Crippen molar-refractivity contribution in [2.75, 3.05) is 6.54 Å². The predicted octanol–water partition coefficient (Wildman–Crippen LogP) is 5.06. The van der Waals surface area contributed by atoms with E-state index in [1.807, 2.05) is 6.20 Å². The van der Waals surface area contributed by atoms with Gasteiger partial charge in [-0.05, 0) is 77.8 Å². The first-order valence-electron chi connectivity index (χ1n) is 11.8. The molecule has 1 aliphatic rings. The van der Waals surface area contributed by atoms with Crippen molar-refractivity contribution in [1.29, 1.82) is 0 Å². The molecular formula is C28H30N4O2. The average Bonchev–Trinajstić information content (AvgIpc) is 3.59. The molecule has 2 heterocycles. The van der Waals surface area contributed by atoms with Crippen molar-refractivity contribution in [2.45, 2.75) is 38.8 Å². The number of rotatable bonds is 8. The first-order chi connectivity index (χ1) is 16.6. The van der Waals surface area contributed by atoms with Crippen LogP contribution < -0.4 is 5.48 Å². The zero-order chi connectivity index (χ0) is 23.5. The van der Waals surface area contributed by atoms with Crippen molar-refractivity contribution < 1.29 is 10.0 Å². The van der Waals surface area contributed by atoms with Crippen LogP contribution in [-0.4, -0.2) is 32.5 Å². The van der Waals surface area contributed by atoms with Gasteiger partial charge in [0.05, 0.1) is 0 Å². The lowest BCUT2D eigenvalue weighted by Gasteiger charge is -2.29. The lowest BCUT2D eigenvalue weighted by Crippen LogP contribution is -2.29. The fraction of sp³-hybridized carbons (Fsp3) is 0.250. The van der Waals surface area contributed by atoms with Crippen molar-refractivity contribution in [3.63, 3.8) is 0 Å². The van der Waals surface area contributed by atoms with E-state index in [1.165, 1.54) is 44.8 Å². The Hall–Kier alpha value is -3.61. The number of aromatic amines is 2. The molecule has 174 valence electrons. The van der Waals surface area contributed by atoms with Crippen molar-refractivity contribution >= 4 is 22.9 Å². The van der Waals surface area contributed by atoms with Gasteiger partial charge in [0.1, 0.15) is 0 Å². The molecule has 0 saturated heterocycles. The van der Waals surface area contributed by atoms with Gasteiger partial charge in [0.15, 0.2) is 0 Å². The number of hydrogen-bond acceptors (Lipinski definition) is 3. The molecule has 5 rings (SSSR count). The van der Waals surface area contributed by atoms with Crippen LogP contribution in [0.3, 0.4) is 0 Å². The highest BCUT2D eigenvalue weighted by Crippen LogP contribution is 2.37. The molecule has 1 amide bonds. The maximum Gasteiger partial charge on any atom is 0.267 e. The largest absolute Gasteiger partial charge is 0.367 e. The summed E-state index contributed by atoms with van der Waals surface area (Å²) in [5, 5.41) is 10.0. The highest BCUT2D eigenvalue weighted by atomic mass is 16.5. The number of aromatic nitrogens is 2. The van der Waals surface area contributed by atoms with E-state index in [2.05, 4.69) is 76.6 Å². The van der Waals surface area contributed by atoms with Gasteiger partial charge in [0.25, 0.3) is 5.91 Å². The molecule has 34 heavy (non-hydrogen) atoms. The molecule has 0 saturated carbocycles. The Morgan fingerprint density at radius 1 is 1.21 bits per heavy atom. The summed E-state index contributed by atoms with van der Waals surface area (Å²) in [5.74, 6) is -0.525. The van der Waals surface area contributed by atoms with Gasteiger partial charge in [-0.25, -0.2) is 5.48 Å². The van der Waals surface area contributed by atoms with Crippen LogP contribution in [0.1, 0.15) is 45.8 Å². The molecular weight excluding hydrogens is 424 g/mol. The number of benzene rings is 2. The standard InChI is InChI=1S/C28H30N4O2/c1-19-2-6-24-23(17-30-26(24)14-19)11-13-32(18-21-10-12-29-16-21)27-8-5-22-15-20(3-7-25(22)27)4-9-28(33)31-34/h2-4,6-7,9-10,12,14-17,27,29-30,34H,5,8,11,13,18H2,1H3,(H,31,33). The third-order valence-corrected chi connectivity index (χ3v) is 6.83. The minimum atomic E-state index is -0.525. The van der Waals surface area contributed by atoms with Crippen LogP contribution in [0, 0.1) is 6.92 Å². The summed E-state index contributed by atoms with van der Waals surface area (Å²) >= 11 is 0. The van der Waals surface area contributed by atoms with Crippen LogP contribution in [0.4, 0.5) is 0 Å². The Bertz CT molecular complexity index is 1320. The minimum Gasteiger partial charge on any atom is -0.367 e. The predicted molar refractivity (Wildman–Crippen MR) is 134 cm³/mol. The minimum absolute atomic E-state index is 0.358. The molecule has 0 radical (unpaired) electrons. The monoisotopic (exact) mass is 454 g/mol. The number of fused-ring (bicyclic) bond motifs is 2. The SMILES string of the molecule is Cc1ccc2c(CCN(Cc3cc[nH]c3)C3CCc4cc(C=CC(=O)NO)ccc43)c[nH]c2c1. The molecule has 4 aromatic rings. The smallest absolute Gasteiger partial charge is 0.267 e. The maximum absolute atomic E-state index is 11.3. The van der Waals surface area contributed by atoms with Gasteiger partial charge in [-0.3, -0.25) is 14.9 Å². The van der Waals surface area contributed by atoms with Gasteiger partial charge in [-0.1, -0.05) is 30.3 Å². The number of hydrogen-bond donors (Lipinski definition) is 4. The van der Waals surface area contributed by atoms with E-state index in [0.29, 0.717) is 6.04 Å². The Morgan fingerprint density at radius 2 is 2.12 bits per heavy atom. The van der Waals surface area contributed by atoms with Crippen LogP contribution in [0.15, 0.2) is 67.1 Å². The number of nitrogens with zero attached hydrogens (tertiary/aromatic N) is 1. The van der Waals surface area contributed by atoms with Gasteiger partial charge in [-0.2, -0.15) is 0 Å². The molecule has 6 heteroatoms. The third kappa shape index (κ3) is 4.69. The van der Waals surface area contributed by atoms with Crippen LogP contribution in [0.2, 0.25) is 0 Å². The second kappa shape index (κ2) is 9.71. The van der Waals surface area contributed by atoms with Gasteiger partial charge >= 0.3 is 0 Å². The Labute approximate surface area is 199 Å². The highest BCUT2D eigenvalue weighted by Gasteiger charge is 2.28. The number of carbonyl (C=O) groups is 1. The number of hydroxylamine groups is 1. The van der Waals surface area contributed by atoms with E-state index in [-0.39, 0.29) is 0 Å². The second-order valence-corrected chi connectivity index (χ2v) is 9.12. The molecule has 0 fully saturated rings. The van der Waals surface area contributed by atoms with Crippen LogP contribution >= 0.6 is 0 Å². The Balaban J connectivity index is 1.37. The molecule has 1 atom stereocenters. The first-order valence-corrected chi connectivity index (χ1v) is 11.8. The number of aryl methyl sites for hydroxylation is 2. The molecule has 0 aliphatic heterocycles. The summed E-state index contributed by atoms with van der Waals surface area (Å²) in [6.07, 6.45) is 12.4. The van der Waals surface area contributed by atoms with Crippen molar-refractivity contribution in [3.8, 4) is 0 Å². The Kier molecular flexibility index (Phi) is 6.34. The number of nitrogens with one attached hydrogen (secondary N) is 3. The third-order valence-electron chi connectivity index (χ3n) is 6.83. The summed E-state index contributed by atoms with van der Waals surface area (Å²) in [6.45, 7) is 3.99. The van der Waals surface area contributed by atoms with Gasteiger partial charge < -0.3 is 9.97 Å². The number of carbonyl (C=O) groups excluding carboxylic acids is 1. The van der Waals surface area contributed by atoms with E-state index in [1.54, 1.807) is 11.6 Å². The van der Waals surface area contributed by atoms with Crippen LogP contribution in [-0.2, 0) is 24.2 Å². The van der Waals surface area contributed by atoms with Crippen LogP contribution in [0.25, 0.3) is 17.0 Å². The molecule has 2 aromatic heterocycles. The normalized spacial score (nSPS) is 15.4. The summed E-state index contributed by atoms with van der Waals surface area (Å²) in [6, 6.07) is 15.5. The lowest BCUT2D eigenvalue weighted by molar-refractivity contribution is -0.124. The van der Waals surface area contributed by atoms with Crippen LogP contribution in [0.5, 0.6) is 0 Å². The number of H-pyrrole nitrogens is 2. The van der Waals surface area contributed by atoms with E-state index < -0.39 is 5.91 Å². The fourth-order valence-corrected chi connectivity index (χ4v) is 5.11. The van der Waals surface area contributed by atoms with Crippen molar-refractivity contribution in [1.82, 2.24) is 20.3 Å². The van der Waals surface area contributed by atoms with Crippen molar-refractivity contribution in [3.05, 3.63) is 101 Å². The summed E-state index contributed by atoms with van der Waals surface area (Å²) in [4.78, 5) is 20.5. The number of amides is 1. The Morgan fingerprint density at radius 3 is 2.94 bits per heavy atom. The van der Waals surface area contributed by atoms with E-state index in [4.69, 9.17) is 5.21 Å². The first kappa shape index (κ1) is 22.2. The topological polar surface area (TPSA) is 84.2 Å². The second-order valence-electron chi connectivity index (χ2n) is 9.12.